The van der Waals surface area contributed by atoms with Gasteiger partial charge in [-0.3, -0.25) is 0 Å². The molecule has 2 unspecified atom stereocenters. The lowest BCUT2D eigenvalue weighted by Gasteiger charge is -2.26. The lowest BCUT2D eigenvalue weighted by molar-refractivity contribution is 0.475. The molecular formula is C12H16N2O. The highest BCUT2D eigenvalue weighted by atomic mass is 16.3. The maximum Gasteiger partial charge on any atom is 0.117 e. The Morgan fingerprint density at radius 2 is 2.27 bits per heavy atom. The van der Waals surface area contributed by atoms with E-state index in [1.165, 1.54) is 24.1 Å². The van der Waals surface area contributed by atoms with Crippen molar-refractivity contribution < 1.29 is 5.11 Å². The van der Waals surface area contributed by atoms with Crippen molar-refractivity contribution in [2.45, 2.75) is 31.3 Å². The largest absolute Gasteiger partial charge is 0.508 e. The molecule has 0 amide bonds. The van der Waals surface area contributed by atoms with E-state index < -0.39 is 0 Å². The van der Waals surface area contributed by atoms with Crippen molar-refractivity contribution in [2.75, 3.05) is 11.4 Å². The van der Waals surface area contributed by atoms with E-state index in [9.17, 15) is 5.11 Å². The second-order valence-corrected chi connectivity index (χ2v) is 4.55. The normalized spacial score (nSPS) is 27.9. The van der Waals surface area contributed by atoms with Crippen molar-refractivity contribution in [1.82, 2.24) is 0 Å². The summed E-state index contributed by atoms with van der Waals surface area (Å²) in [5, 5.41) is 9.52. The van der Waals surface area contributed by atoms with Crippen LogP contribution in [0.2, 0.25) is 0 Å². The van der Waals surface area contributed by atoms with Crippen LogP contribution in [0.1, 0.15) is 18.4 Å². The summed E-state index contributed by atoms with van der Waals surface area (Å²) in [5.41, 5.74) is 8.34. The molecule has 0 spiro atoms. The van der Waals surface area contributed by atoms with Crippen molar-refractivity contribution in [3.8, 4) is 5.75 Å². The Bertz CT molecular complexity index is 389. The third kappa shape index (κ3) is 1.23. The van der Waals surface area contributed by atoms with E-state index in [2.05, 4.69) is 4.90 Å². The predicted octanol–water partition coefficient (Wildman–Crippen LogP) is 1.24. The van der Waals surface area contributed by atoms with E-state index >= 15 is 0 Å². The zero-order valence-electron chi connectivity index (χ0n) is 8.69. The summed E-state index contributed by atoms with van der Waals surface area (Å²) in [5.74, 6) is 0.358. The van der Waals surface area contributed by atoms with Gasteiger partial charge >= 0.3 is 0 Å². The van der Waals surface area contributed by atoms with Crippen LogP contribution in [0.5, 0.6) is 5.75 Å². The summed E-state index contributed by atoms with van der Waals surface area (Å²) >= 11 is 0. The minimum atomic E-state index is 0.358. The molecular weight excluding hydrogens is 188 g/mol. The fourth-order valence-corrected chi connectivity index (χ4v) is 3.01. The van der Waals surface area contributed by atoms with Gasteiger partial charge in [0.1, 0.15) is 5.75 Å². The van der Waals surface area contributed by atoms with Gasteiger partial charge in [0.05, 0.1) is 0 Å². The maximum atomic E-state index is 9.52. The molecule has 80 valence electrons. The summed E-state index contributed by atoms with van der Waals surface area (Å²) in [7, 11) is 0. The zero-order valence-corrected chi connectivity index (χ0v) is 8.69. The van der Waals surface area contributed by atoms with E-state index in [-0.39, 0.29) is 0 Å². The molecule has 1 aromatic carbocycles. The van der Waals surface area contributed by atoms with Crippen molar-refractivity contribution in [1.29, 1.82) is 0 Å². The number of hydrogen-bond donors (Lipinski definition) is 2. The highest BCUT2D eigenvalue weighted by Crippen LogP contribution is 2.41. The maximum absolute atomic E-state index is 9.52. The van der Waals surface area contributed by atoms with Crippen LogP contribution < -0.4 is 10.6 Å². The van der Waals surface area contributed by atoms with Gasteiger partial charge in [0.15, 0.2) is 0 Å². The molecule has 2 aliphatic heterocycles. The van der Waals surface area contributed by atoms with E-state index in [0.717, 1.165) is 6.42 Å². The number of hydrogen-bond acceptors (Lipinski definition) is 3. The summed E-state index contributed by atoms with van der Waals surface area (Å²) in [4.78, 5) is 2.41. The first-order valence-corrected chi connectivity index (χ1v) is 5.60. The third-order valence-corrected chi connectivity index (χ3v) is 3.69. The fraction of sp³-hybridized carbons (Fsp3) is 0.500. The summed E-state index contributed by atoms with van der Waals surface area (Å²) in [6, 6.07) is 6.78. The molecule has 3 nitrogen and oxygen atoms in total. The molecule has 3 N–H and O–H groups in total. The molecule has 3 heteroatoms. The van der Waals surface area contributed by atoms with E-state index in [1.54, 1.807) is 6.07 Å². The van der Waals surface area contributed by atoms with Crippen molar-refractivity contribution >= 4 is 5.69 Å². The van der Waals surface area contributed by atoms with Gasteiger partial charge < -0.3 is 15.7 Å². The average Bonchev–Trinajstić information content (AvgIpc) is 2.76. The Labute approximate surface area is 89.5 Å². The average molecular weight is 204 g/mol. The summed E-state index contributed by atoms with van der Waals surface area (Å²) in [6.07, 6.45) is 3.54. The number of aromatic hydroxyl groups is 1. The highest BCUT2D eigenvalue weighted by molar-refractivity contribution is 5.63. The summed E-state index contributed by atoms with van der Waals surface area (Å²) < 4.78 is 0. The minimum absolute atomic E-state index is 0.358. The molecule has 0 bridgehead atoms. The Morgan fingerprint density at radius 3 is 3.07 bits per heavy atom. The first kappa shape index (κ1) is 9.04. The van der Waals surface area contributed by atoms with Gasteiger partial charge in [-0.2, -0.15) is 0 Å². The van der Waals surface area contributed by atoms with Crippen molar-refractivity contribution in [3.05, 3.63) is 23.8 Å². The van der Waals surface area contributed by atoms with E-state index in [1.807, 2.05) is 12.1 Å². The monoisotopic (exact) mass is 204 g/mol. The number of phenolic OH excluding ortho intramolecular Hbond substituents is 1. The summed E-state index contributed by atoms with van der Waals surface area (Å²) in [6.45, 7) is 0.714. The van der Waals surface area contributed by atoms with Gasteiger partial charge in [-0.1, -0.05) is 6.07 Å². The first-order valence-electron chi connectivity index (χ1n) is 5.60. The molecule has 2 aliphatic rings. The van der Waals surface area contributed by atoms with Gasteiger partial charge in [-0.15, -0.1) is 0 Å². The number of rotatable bonds is 1. The molecule has 2 atom stereocenters. The smallest absolute Gasteiger partial charge is 0.117 e. The quantitative estimate of drug-likeness (QED) is 0.723. The SMILES string of the molecule is NCC1CCC2Cc3ccc(O)cc3N12. The molecule has 15 heavy (non-hydrogen) atoms. The molecule has 1 saturated heterocycles. The molecule has 0 saturated carbocycles. The Kier molecular flexibility index (Phi) is 1.89. The van der Waals surface area contributed by atoms with Crippen LogP contribution in [-0.2, 0) is 6.42 Å². The Balaban J connectivity index is 2.03. The second-order valence-electron chi connectivity index (χ2n) is 4.55. The van der Waals surface area contributed by atoms with Crippen LogP contribution in [0, 0.1) is 0 Å². The number of benzene rings is 1. The van der Waals surface area contributed by atoms with Crippen LogP contribution in [-0.4, -0.2) is 23.7 Å². The van der Waals surface area contributed by atoms with E-state index in [0.29, 0.717) is 24.4 Å². The predicted molar refractivity (Wildman–Crippen MR) is 60.2 cm³/mol. The topological polar surface area (TPSA) is 49.5 Å². The van der Waals surface area contributed by atoms with Gasteiger partial charge in [0, 0.05) is 30.4 Å². The first-order chi connectivity index (χ1) is 7.29. The minimum Gasteiger partial charge on any atom is -0.508 e. The number of nitrogens with zero attached hydrogens (tertiary/aromatic N) is 1. The van der Waals surface area contributed by atoms with Crippen LogP contribution >= 0.6 is 0 Å². The molecule has 0 aromatic heterocycles. The second kappa shape index (κ2) is 3.14. The Hall–Kier alpha value is -1.22. The van der Waals surface area contributed by atoms with Crippen LogP contribution in [0.25, 0.3) is 0 Å². The highest BCUT2D eigenvalue weighted by Gasteiger charge is 2.38. The lowest BCUT2D eigenvalue weighted by Crippen LogP contribution is -2.37. The standard InChI is InChI=1S/C12H16N2O/c13-7-10-3-2-9-5-8-1-4-11(15)6-12(8)14(9)10/h1,4,6,9-10,15H,2-3,5,7,13H2. The number of fused-ring (bicyclic) bond motifs is 3. The molecule has 0 aliphatic carbocycles. The van der Waals surface area contributed by atoms with Crippen LogP contribution in [0.15, 0.2) is 18.2 Å². The van der Waals surface area contributed by atoms with Gasteiger partial charge in [-0.25, -0.2) is 0 Å². The third-order valence-electron chi connectivity index (χ3n) is 3.69. The fourth-order valence-electron chi connectivity index (χ4n) is 3.01. The Morgan fingerprint density at radius 1 is 1.40 bits per heavy atom. The molecule has 2 heterocycles. The van der Waals surface area contributed by atoms with Crippen molar-refractivity contribution in [2.24, 2.45) is 5.73 Å². The number of phenols is 1. The van der Waals surface area contributed by atoms with Gasteiger partial charge in [0.25, 0.3) is 0 Å². The van der Waals surface area contributed by atoms with E-state index in [4.69, 9.17) is 5.73 Å². The van der Waals surface area contributed by atoms with Crippen LogP contribution in [0.4, 0.5) is 5.69 Å². The zero-order chi connectivity index (χ0) is 10.4. The van der Waals surface area contributed by atoms with Crippen molar-refractivity contribution in [3.63, 3.8) is 0 Å². The van der Waals surface area contributed by atoms with Crippen LogP contribution in [0.3, 0.4) is 0 Å². The number of nitrogens with two attached hydrogens (primary N) is 1. The molecule has 1 aromatic rings. The molecule has 0 radical (unpaired) electrons. The van der Waals surface area contributed by atoms with Gasteiger partial charge in [-0.05, 0) is 30.9 Å². The molecule has 3 rings (SSSR count). The van der Waals surface area contributed by atoms with Gasteiger partial charge in [0.2, 0.25) is 0 Å². The molecule has 1 fully saturated rings. The number of anilines is 1. The lowest BCUT2D eigenvalue weighted by atomic mass is 10.1.